The summed E-state index contributed by atoms with van der Waals surface area (Å²) < 4.78 is 0. The number of nitrogens with zero attached hydrogens (tertiary/aromatic N) is 1. The molecule has 2 aromatic carbocycles. The number of likely N-dealkylation sites (tertiary alicyclic amines) is 1. The second-order valence-electron chi connectivity index (χ2n) is 7.03. The van der Waals surface area contributed by atoms with Crippen molar-refractivity contribution in [2.45, 2.75) is 25.3 Å². The molecule has 3 atom stereocenters. The van der Waals surface area contributed by atoms with E-state index in [-0.39, 0.29) is 74.2 Å². The van der Waals surface area contributed by atoms with E-state index >= 15 is 0 Å². The van der Waals surface area contributed by atoms with E-state index in [9.17, 15) is 14.7 Å². The molecule has 0 aliphatic carbocycles. The molecule has 0 saturated carbocycles. The minimum absolute atomic E-state index is 0. The van der Waals surface area contributed by atoms with E-state index in [4.69, 9.17) is 12.2 Å². The zero-order chi connectivity index (χ0) is 20.1. The first-order valence-electron chi connectivity index (χ1n) is 9.26. The Morgan fingerprint density at radius 1 is 1.14 bits per heavy atom. The minimum atomic E-state index is -0.565. The molecule has 1 aliphatic rings. The van der Waals surface area contributed by atoms with Gasteiger partial charge in [-0.05, 0) is 17.0 Å². The van der Waals surface area contributed by atoms with Gasteiger partial charge in [-0.1, -0.05) is 79.3 Å². The van der Waals surface area contributed by atoms with E-state index in [1.165, 1.54) is 0 Å². The standard InChI is InChI=1S/C22H23NO3S2.K/c1-15(14-28-22(26)17-10-6-3-7-11-17)20(24)23-13-18(12-19(23)21(25)27)16-8-4-2-5-9-16;/h2-11,15,18-19H,12-14H2,1H3,(H,25,27);/q;+1/p-1/t15-,18-,19+;/m1./s1. The summed E-state index contributed by atoms with van der Waals surface area (Å²) in [6.45, 7) is 2.28. The van der Waals surface area contributed by atoms with E-state index in [0.29, 0.717) is 24.3 Å². The van der Waals surface area contributed by atoms with Crippen molar-refractivity contribution >= 4 is 40.1 Å². The summed E-state index contributed by atoms with van der Waals surface area (Å²) in [5.41, 5.74) is 1.73. The summed E-state index contributed by atoms with van der Waals surface area (Å²) in [5, 5.41) is 11.5. The molecule has 0 unspecified atom stereocenters. The fourth-order valence-corrected chi connectivity index (χ4v) is 4.55. The van der Waals surface area contributed by atoms with Crippen LogP contribution in [-0.4, -0.2) is 39.3 Å². The molecule has 1 aliphatic heterocycles. The van der Waals surface area contributed by atoms with Crippen LogP contribution >= 0.6 is 24.0 Å². The van der Waals surface area contributed by atoms with Gasteiger partial charge in [0.15, 0.2) is 0 Å². The van der Waals surface area contributed by atoms with E-state index in [1.807, 2.05) is 48.5 Å². The number of carbonyl (C=O) groups excluding carboxylic acids is 2. The summed E-state index contributed by atoms with van der Waals surface area (Å²) >= 11 is 6.04. The van der Waals surface area contributed by atoms with Crippen LogP contribution in [0.2, 0.25) is 0 Å². The van der Waals surface area contributed by atoms with Crippen LogP contribution in [0.3, 0.4) is 0 Å². The Kier molecular flexibility index (Phi) is 10.0. The second-order valence-corrected chi connectivity index (χ2v) is 8.43. The molecule has 4 nitrogen and oxygen atoms in total. The third-order valence-electron chi connectivity index (χ3n) is 5.02. The third kappa shape index (κ3) is 6.47. The molecule has 2 aromatic rings. The largest absolute Gasteiger partial charge is 1.00 e. The summed E-state index contributed by atoms with van der Waals surface area (Å²) in [6, 6.07) is 18.3. The van der Waals surface area contributed by atoms with Gasteiger partial charge in [0, 0.05) is 29.7 Å². The summed E-state index contributed by atoms with van der Waals surface area (Å²) in [4.78, 5) is 26.9. The monoisotopic (exact) mass is 451 g/mol. The molecule has 1 amide bonds. The van der Waals surface area contributed by atoms with E-state index < -0.39 is 11.1 Å². The average Bonchev–Trinajstić information content (AvgIpc) is 3.18. The molecular formula is C22H22KNO3S2. The number of amides is 1. The van der Waals surface area contributed by atoms with Crippen molar-refractivity contribution in [3.05, 3.63) is 71.8 Å². The van der Waals surface area contributed by atoms with Crippen LogP contribution in [0, 0.1) is 5.92 Å². The maximum atomic E-state index is 13.0. The Morgan fingerprint density at radius 3 is 2.31 bits per heavy atom. The van der Waals surface area contributed by atoms with Gasteiger partial charge in [0.1, 0.15) is 0 Å². The second kappa shape index (κ2) is 11.7. The van der Waals surface area contributed by atoms with Crippen molar-refractivity contribution < 1.29 is 66.1 Å². The van der Waals surface area contributed by atoms with Gasteiger partial charge in [-0.25, -0.2) is 0 Å². The van der Waals surface area contributed by atoms with Gasteiger partial charge in [0.2, 0.25) is 11.0 Å². The van der Waals surface area contributed by atoms with Gasteiger partial charge in [-0.3, -0.25) is 9.59 Å². The Bertz CT molecular complexity index is 848. The van der Waals surface area contributed by atoms with Crippen LogP contribution in [-0.2, 0) is 4.79 Å². The number of hydrogen-bond donors (Lipinski definition) is 0. The third-order valence-corrected chi connectivity index (χ3v) is 6.46. The van der Waals surface area contributed by atoms with Gasteiger partial charge in [0.05, 0.1) is 6.04 Å². The van der Waals surface area contributed by atoms with Crippen molar-refractivity contribution in [1.82, 2.24) is 4.90 Å². The maximum Gasteiger partial charge on any atom is 1.00 e. The average molecular weight is 452 g/mol. The predicted octanol–water partition coefficient (Wildman–Crippen LogP) is 0.273. The Labute approximate surface area is 223 Å². The molecule has 0 aromatic heterocycles. The molecule has 1 heterocycles. The molecule has 1 fully saturated rings. The number of thioether (sulfide) groups is 1. The quantitative estimate of drug-likeness (QED) is 0.466. The zero-order valence-corrected chi connectivity index (χ0v) is 21.4. The van der Waals surface area contributed by atoms with E-state index in [2.05, 4.69) is 0 Å². The van der Waals surface area contributed by atoms with Crippen LogP contribution in [0.1, 0.15) is 35.2 Å². The topological polar surface area (TPSA) is 60.4 Å². The van der Waals surface area contributed by atoms with Crippen molar-refractivity contribution in [3.8, 4) is 0 Å². The fourth-order valence-electron chi connectivity index (χ4n) is 3.48. The molecular weight excluding hydrogens is 429 g/mol. The first-order chi connectivity index (χ1) is 13.5. The number of rotatable bonds is 6. The molecule has 0 bridgehead atoms. The van der Waals surface area contributed by atoms with Gasteiger partial charge >= 0.3 is 51.4 Å². The summed E-state index contributed by atoms with van der Waals surface area (Å²) in [7, 11) is 0. The predicted molar refractivity (Wildman–Crippen MR) is 114 cm³/mol. The van der Waals surface area contributed by atoms with Crippen LogP contribution in [0.15, 0.2) is 60.7 Å². The van der Waals surface area contributed by atoms with E-state index in [0.717, 1.165) is 17.3 Å². The molecule has 146 valence electrons. The van der Waals surface area contributed by atoms with Crippen LogP contribution < -0.4 is 56.5 Å². The maximum absolute atomic E-state index is 13.0. The van der Waals surface area contributed by atoms with Gasteiger partial charge in [-0.15, -0.1) is 12.2 Å². The van der Waals surface area contributed by atoms with Crippen LogP contribution in [0.4, 0.5) is 0 Å². The minimum Gasteiger partial charge on any atom is -0.866 e. The molecule has 29 heavy (non-hydrogen) atoms. The molecule has 0 radical (unpaired) electrons. The smallest absolute Gasteiger partial charge is 0.866 e. The molecule has 0 spiro atoms. The normalized spacial score (nSPS) is 19.3. The number of carbonyl (C=O) groups is 2. The Hall–Kier alpha value is -0.544. The molecule has 0 N–H and O–H groups in total. The Balaban J connectivity index is 0.00000300. The number of benzene rings is 2. The summed E-state index contributed by atoms with van der Waals surface area (Å²) in [5.74, 6) is -0.0101. The number of hydrogen-bond acceptors (Lipinski definition) is 5. The SMILES string of the molecule is C[C@H](CSC(=O)c1ccccc1)C(=O)N1C[C@H](c2ccccc2)C[C@H]1C([O-])=S.[K+]. The first-order valence-corrected chi connectivity index (χ1v) is 10.6. The van der Waals surface area contributed by atoms with E-state index in [1.54, 1.807) is 24.0 Å². The summed E-state index contributed by atoms with van der Waals surface area (Å²) in [6.07, 6.45) is 0.556. The zero-order valence-electron chi connectivity index (χ0n) is 16.6. The first kappa shape index (κ1) is 24.7. The number of thiocarbonyl (C=S) groups is 1. The van der Waals surface area contributed by atoms with Crippen molar-refractivity contribution in [3.63, 3.8) is 0 Å². The van der Waals surface area contributed by atoms with Crippen molar-refractivity contribution in [2.24, 2.45) is 5.92 Å². The molecule has 1 saturated heterocycles. The van der Waals surface area contributed by atoms with Crippen LogP contribution in [0.5, 0.6) is 0 Å². The van der Waals surface area contributed by atoms with Gasteiger partial charge < -0.3 is 10.0 Å². The molecule has 3 rings (SSSR count). The Morgan fingerprint density at radius 2 is 1.72 bits per heavy atom. The van der Waals surface area contributed by atoms with Crippen LogP contribution in [0.25, 0.3) is 0 Å². The fraction of sp³-hybridized carbons (Fsp3) is 0.318. The van der Waals surface area contributed by atoms with Crippen molar-refractivity contribution in [1.29, 1.82) is 0 Å². The van der Waals surface area contributed by atoms with Gasteiger partial charge in [0.25, 0.3) is 0 Å². The van der Waals surface area contributed by atoms with Gasteiger partial charge in [-0.2, -0.15) is 0 Å². The van der Waals surface area contributed by atoms with Crippen molar-refractivity contribution in [2.75, 3.05) is 12.3 Å². The molecule has 7 heteroatoms.